The first-order valence-corrected chi connectivity index (χ1v) is 7.05. The van der Waals surface area contributed by atoms with Gasteiger partial charge in [-0.15, -0.1) is 0 Å². The van der Waals surface area contributed by atoms with E-state index in [1.54, 1.807) is 4.68 Å². The van der Waals surface area contributed by atoms with Gasteiger partial charge in [-0.05, 0) is 43.7 Å². The average molecular weight is 273 g/mol. The zero-order chi connectivity index (χ0) is 14.5. The highest BCUT2D eigenvalue weighted by molar-refractivity contribution is 5.37. The molecule has 1 N–H and O–H groups in total. The first kappa shape index (κ1) is 14.6. The highest BCUT2D eigenvalue weighted by Gasteiger charge is 2.07. The van der Waals surface area contributed by atoms with Crippen LogP contribution in [0.1, 0.15) is 36.7 Å². The lowest BCUT2D eigenvalue weighted by Crippen LogP contribution is -2.17. The average Bonchev–Trinajstić information content (AvgIpc) is 2.83. The normalized spacial score (nSPS) is 12.4. The zero-order valence-electron chi connectivity index (χ0n) is 12.7. The Morgan fingerprint density at radius 3 is 2.75 bits per heavy atom. The number of aromatic nitrogens is 2. The Morgan fingerprint density at radius 2 is 2.15 bits per heavy atom. The van der Waals surface area contributed by atoms with E-state index < -0.39 is 0 Å². The number of benzene rings is 1. The predicted octanol–water partition coefficient (Wildman–Crippen LogP) is 2.98. The van der Waals surface area contributed by atoms with Gasteiger partial charge >= 0.3 is 0 Å². The molecule has 2 aromatic rings. The molecule has 0 radical (unpaired) electrons. The first-order valence-electron chi connectivity index (χ1n) is 7.05. The first-order chi connectivity index (χ1) is 9.60. The smallest absolute Gasteiger partial charge is 0.132 e. The minimum absolute atomic E-state index is 0.364. The van der Waals surface area contributed by atoms with Crippen molar-refractivity contribution in [1.82, 2.24) is 15.1 Å². The van der Waals surface area contributed by atoms with Crippen molar-refractivity contribution in [3.63, 3.8) is 0 Å². The Labute approximate surface area is 120 Å². The van der Waals surface area contributed by atoms with Gasteiger partial charge in [-0.2, -0.15) is 5.10 Å². The maximum absolute atomic E-state index is 5.83. The van der Waals surface area contributed by atoms with Crippen LogP contribution in [0, 0.1) is 6.92 Å². The zero-order valence-corrected chi connectivity index (χ0v) is 12.7. The van der Waals surface area contributed by atoms with Gasteiger partial charge < -0.3 is 10.1 Å². The van der Waals surface area contributed by atoms with Gasteiger partial charge in [0, 0.05) is 19.3 Å². The van der Waals surface area contributed by atoms with Crippen LogP contribution in [0.3, 0.4) is 0 Å². The largest absolute Gasteiger partial charge is 0.487 e. The van der Waals surface area contributed by atoms with E-state index in [4.69, 9.17) is 4.74 Å². The fourth-order valence-corrected chi connectivity index (χ4v) is 2.22. The molecule has 0 bridgehead atoms. The third-order valence-electron chi connectivity index (χ3n) is 3.35. The number of ether oxygens (including phenoxy) is 1. The van der Waals surface area contributed by atoms with Crippen molar-refractivity contribution in [2.45, 2.75) is 33.4 Å². The van der Waals surface area contributed by atoms with E-state index in [1.165, 1.54) is 5.56 Å². The minimum Gasteiger partial charge on any atom is -0.487 e. The van der Waals surface area contributed by atoms with Gasteiger partial charge in [-0.3, -0.25) is 4.68 Å². The Morgan fingerprint density at radius 1 is 1.35 bits per heavy atom. The summed E-state index contributed by atoms with van der Waals surface area (Å²) in [6.07, 6.45) is 1.92. The summed E-state index contributed by atoms with van der Waals surface area (Å²) in [5.74, 6) is 0.920. The van der Waals surface area contributed by atoms with Crippen LogP contribution in [-0.2, 0) is 13.7 Å². The molecule has 1 heterocycles. The second-order valence-electron chi connectivity index (χ2n) is 5.07. The molecule has 0 saturated heterocycles. The predicted molar refractivity (Wildman–Crippen MR) is 80.8 cm³/mol. The second kappa shape index (κ2) is 6.57. The molecule has 1 atom stereocenters. The second-order valence-corrected chi connectivity index (χ2v) is 5.07. The molecule has 0 aliphatic rings. The molecule has 4 nitrogen and oxygen atoms in total. The Hall–Kier alpha value is -1.81. The molecule has 2 rings (SSSR count). The van der Waals surface area contributed by atoms with E-state index in [0.29, 0.717) is 12.6 Å². The number of hydrogen-bond acceptors (Lipinski definition) is 3. The standard InChI is InChI=1S/C16H23N3O/c1-5-17-13(3)14-6-7-16(12(2)10-14)20-11-15-8-9-19(4)18-15/h6-10,13,17H,5,11H2,1-4H3. The molecule has 1 unspecified atom stereocenters. The van der Waals surface area contributed by atoms with Crippen molar-refractivity contribution < 1.29 is 4.74 Å². The van der Waals surface area contributed by atoms with Crippen molar-refractivity contribution in [3.8, 4) is 5.75 Å². The van der Waals surface area contributed by atoms with Crippen LogP contribution in [0.15, 0.2) is 30.5 Å². The van der Waals surface area contributed by atoms with Gasteiger partial charge in [-0.25, -0.2) is 0 Å². The van der Waals surface area contributed by atoms with E-state index in [2.05, 4.69) is 43.3 Å². The lowest BCUT2D eigenvalue weighted by atomic mass is 10.1. The summed E-state index contributed by atoms with van der Waals surface area (Å²) < 4.78 is 7.62. The highest BCUT2D eigenvalue weighted by atomic mass is 16.5. The number of nitrogens with zero attached hydrogens (tertiary/aromatic N) is 2. The monoisotopic (exact) mass is 273 g/mol. The number of hydrogen-bond donors (Lipinski definition) is 1. The molecule has 108 valence electrons. The summed E-state index contributed by atoms with van der Waals surface area (Å²) in [4.78, 5) is 0. The molecule has 0 aliphatic heterocycles. The van der Waals surface area contributed by atoms with Gasteiger partial charge in [0.2, 0.25) is 0 Å². The summed E-state index contributed by atoms with van der Waals surface area (Å²) in [7, 11) is 1.91. The van der Waals surface area contributed by atoms with Crippen LogP contribution >= 0.6 is 0 Å². The van der Waals surface area contributed by atoms with Gasteiger partial charge in [0.1, 0.15) is 12.4 Å². The number of nitrogens with one attached hydrogen (secondary N) is 1. The van der Waals surface area contributed by atoms with Crippen LogP contribution in [0.4, 0.5) is 0 Å². The molecule has 0 amide bonds. The third kappa shape index (κ3) is 3.61. The molecule has 1 aromatic heterocycles. The van der Waals surface area contributed by atoms with Crippen LogP contribution in [0.25, 0.3) is 0 Å². The van der Waals surface area contributed by atoms with Gasteiger partial charge in [0.15, 0.2) is 0 Å². The third-order valence-corrected chi connectivity index (χ3v) is 3.35. The topological polar surface area (TPSA) is 39.1 Å². The van der Waals surface area contributed by atoms with E-state index in [9.17, 15) is 0 Å². The molecule has 0 aliphatic carbocycles. The Kier molecular flexibility index (Phi) is 4.79. The quantitative estimate of drug-likeness (QED) is 0.879. The maximum atomic E-state index is 5.83. The number of rotatable bonds is 6. The van der Waals surface area contributed by atoms with Crippen LogP contribution in [0.2, 0.25) is 0 Å². The van der Waals surface area contributed by atoms with Crippen LogP contribution in [-0.4, -0.2) is 16.3 Å². The van der Waals surface area contributed by atoms with E-state index >= 15 is 0 Å². The molecule has 1 aromatic carbocycles. The maximum Gasteiger partial charge on any atom is 0.132 e. The molecular weight excluding hydrogens is 250 g/mol. The molecule has 0 fully saturated rings. The SMILES string of the molecule is CCNC(C)c1ccc(OCc2ccn(C)n2)c(C)c1. The molecule has 20 heavy (non-hydrogen) atoms. The molecular formula is C16H23N3O. The Balaban J connectivity index is 2.02. The lowest BCUT2D eigenvalue weighted by Gasteiger charge is -2.15. The summed E-state index contributed by atoms with van der Waals surface area (Å²) in [5.41, 5.74) is 3.38. The van der Waals surface area contributed by atoms with Gasteiger partial charge in [-0.1, -0.05) is 19.1 Å². The van der Waals surface area contributed by atoms with Crippen molar-refractivity contribution >= 4 is 0 Å². The van der Waals surface area contributed by atoms with Crippen LogP contribution in [0.5, 0.6) is 5.75 Å². The van der Waals surface area contributed by atoms with Crippen molar-refractivity contribution in [1.29, 1.82) is 0 Å². The fourth-order valence-electron chi connectivity index (χ4n) is 2.22. The minimum atomic E-state index is 0.364. The summed E-state index contributed by atoms with van der Waals surface area (Å²) in [5, 5.41) is 7.72. The van der Waals surface area contributed by atoms with Crippen LogP contribution < -0.4 is 10.1 Å². The summed E-state index contributed by atoms with van der Waals surface area (Å²) >= 11 is 0. The number of aryl methyl sites for hydroxylation is 2. The van der Waals surface area contributed by atoms with Gasteiger partial charge in [0.05, 0.1) is 5.69 Å². The van der Waals surface area contributed by atoms with E-state index in [1.807, 2.05) is 25.4 Å². The van der Waals surface area contributed by atoms with Crippen molar-refractivity contribution in [2.75, 3.05) is 6.54 Å². The Bertz CT molecular complexity index is 563. The molecule has 0 spiro atoms. The van der Waals surface area contributed by atoms with Crippen molar-refractivity contribution in [3.05, 3.63) is 47.3 Å². The summed E-state index contributed by atoms with van der Waals surface area (Å²) in [6.45, 7) is 7.85. The van der Waals surface area contributed by atoms with Crippen molar-refractivity contribution in [2.24, 2.45) is 7.05 Å². The summed E-state index contributed by atoms with van der Waals surface area (Å²) in [6, 6.07) is 8.68. The lowest BCUT2D eigenvalue weighted by molar-refractivity contribution is 0.298. The molecule has 0 saturated carbocycles. The highest BCUT2D eigenvalue weighted by Crippen LogP contribution is 2.23. The molecule has 4 heteroatoms. The van der Waals surface area contributed by atoms with E-state index in [0.717, 1.165) is 23.6 Å². The van der Waals surface area contributed by atoms with Gasteiger partial charge in [0.25, 0.3) is 0 Å². The van der Waals surface area contributed by atoms with E-state index in [-0.39, 0.29) is 0 Å². The fraction of sp³-hybridized carbons (Fsp3) is 0.438.